The number of ether oxygens (including phenoxy) is 2. The van der Waals surface area contributed by atoms with Crippen LogP contribution in [0.4, 0.5) is 0 Å². The molecule has 0 radical (unpaired) electrons. The largest absolute Gasteiger partial charge is 0.497 e. The van der Waals surface area contributed by atoms with E-state index in [1.165, 1.54) is 7.11 Å². The SMILES string of the molecule is C=CCNC(=O)C(NC(=O)c1ccc(OC)cc1)C1CCN(C(=O)COC)CC1. The van der Waals surface area contributed by atoms with Crippen LogP contribution in [0.3, 0.4) is 0 Å². The standard InChI is InChI=1S/C21H29N3O5/c1-4-11-22-21(27)19(15-9-12-24(13-10-15)18(25)14-28-2)23-20(26)16-5-7-17(29-3)8-6-16/h4-8,15,19H,1,9-14H2,2-3H3,(H,22,27)(H,23,26). The second-order valence-electron chi connectivity index (χ2n) is 6.86. The Bertz CT molecular complexity index is 712. The number of nitrogens with zero attached hydrogens (tertiary/aromatic N) is 1. The summed E-state index contributed by atoms with van der Waals surface area (Å²) in [6, 6.07) is 6.00. The fourth-order valence-corrected chi connectivity index (χ4v) is 3.34. The first-order chi connectivity index (χ1) is 14.0. The minimum Gasteiger partial charge on any atom is -0.497 e. The molecule has 0 bridgehead atoms. The van der Waals surface area contributed by atoms with E-state index in [9.17, 15) is 14.4 Å². The number of hydrogen-bond acceptors (Lipinski definition) is 5. The molecular weight excluding hydrogens is 374 g/mol. The van der Waals surface area contributed by atoms with Gasteiger partial charge in [-0.25, -0.2) is 0 Å². The smallest absolute Gasteiger partial charge is 0.251 e. The lowest BCUT2D eigenvalue weighted by Gasteiger charge is -2.35. The summed E-state index contributed by atoms with van der Waals surface area (Å²) >= 11 is 0. The molecule has 1 fully saturated rings. The molecule has 0 aliphatic carbocycles. The van der Waals surface area contributed by atoms with E-state index < -0.39 is 6.04 Å². The molecular formula is C21H29N3O5. The van der Waals surface area contributed by atoms with Gasteiger partial charge in [0.1, 0.15) is 18.4 Å². The second kappa shape index (κ2) is 11.2. The van der Waals surface area contributed by atoms with Crippen LogP contribution in [0.25, 0.3) is 0 Å². The fraction of sp³-hybridized carbons (Fsp3) is 0.476. The number of likely N-dealkylation sites (tertiary alicyclic amines) is 1. The van der Waals surface area contributed by atoms with Crippen LogP contribution in [0.1, 0.15) is 23.2 Å². The van der Waals surface area contributed by atoms with Crippen molar-refractivity contribution in [3.63, 3.8) is 0 Å². The summed E-state index contributed by atoms with van der Waals surface area (Å²) in [7, 11) is 3.04. The molecule has 1 unspecified atom stereocenters. The monoisotopic (exact) mass is 403 g/mol. The maximum atomic E-state index is 12.7. The van der Waals surface area contributed by atoms with Crippen LogP contribution in [-0.4, -0.2) is 69.1 Å². The average Bonchev–Trinajstić information content (AvgIpc) is 2.76. The number of carbonyl (C=O) groups excluding carboxylic acids is 3. The number of methoxy groups -OCH3 is 2. The van der Waals surface area contributed by atoms with Crippen molar-refractivity contribution < 1.29 is 23.9 Å². The molecule has 2 N–H and O–H groups in total. The van der Waals surface area contributed by atoms with Gasteiger partial charge in [0.15, 0.2) is 0 Å². The predicted octanol–water partition coefficient (Wildman–Crippen LogP) is 0.981. The molecule has 3 amide bonds. The number of piperidine rings is 1. The van der Waals surface area contributed by atoms with Crippen molar-refractivity contribution in [1.29, 1.82) is 0 Å². The zero-order chi connectivity index (χ0) is 21.2. The first kappa shape index (κ1) is 22.4. The molecule has 158 valence electrons. The molecule has 8 nitrogen and oxygen atoms in total. The molecule has 1 aromatic rings. The molecule has 1 aromatic carbocycles. The van der Waals surface area contributed by atoms with E-state index >= 15 is 0 Å². The Kier molecular flexibility index (Phi) is 8.67. The minimum absolute atomic E-state index is 0.0438. The van der Waals surface area contributed by atoms with Crippen molar-refractivity contribution >= 4 is 17.7 Å². The summed E-state index contributed by atoms with van der Waals surface area (Å²) in [5.74, 6) is -0.0814. The van der Waals surface area contributed by atoms with E-state index in [-0.39, 0.29) is 30.2 Å². The maximum Gasteiger partial charge on any atom is 0.251 e. The van der Waals surface area contributed by atoms with E-state index in [1.54, 1.807) is 42.4 Å². The number of hydrogen-bond donors (Lipinski definition) is 2. The molecule has 1 heterocycles. The molecule has 8 heteroatoms. The summed E-state index contributed by atoms with van der Waals surface area (Å²) in [5, 5.41) is 5.63. The van der Waals surface area contributed by atoms with Crippen LogP contribution in [0, 0.1) is 5.92 Å². The lowest BCUT2D eigenvalue weighted by Crippen LogP contribution is -2.54. The molecule has 0 aromatic heterocycles. The molecule has 1 atom stereocenters. The van der Waals surface area contributed by atoms with Gasteiger partial charge in [-0.3, -0.25) is 14.4 Å². The summed E-state index contributed by atoms with van der Waals surface area (Å²) in [5.41, 5.74) is 0.444. The van der Waals surface area contributed by atoms with Crippen molar-refractivity contribution in [2.75, 3.05) is 40.5 Å². The van der Waals surface area contributed by atoms with Crippen LogP contribution >= 0.6 is 0 Å². The highest BCUT2D eigenvalue weighted by molar-refractivity contribution is 5.97. The number of nitrogens with one attached hydrogen (secondary N) is 2. The Balaban J connectivity index is 2.06. The third kappa shape index (κ3) is 6.32. The van der Waals surface area contributed by atoms with Gasteiger partial charge >= 0.3 is 0 Å². The van der Waals surface area contributed by atoms with Crippen molar-refractivity contribution in [1.82, 2.24) is 15.5 Å². The van der Waals surface area contributed by atoms with Crippen molar-refractivity contribution in [3.8, 4) is 5.75 Å². The van der Waals surface area contributed by atoms with Gasteiger partial charge in [-0.2, -0.15) is 0 Å². The second-order valence-corrected chi connectivity index (χ2v) is 6.86. The van der Waals surface area contributed by atoms with Crippen molar-refractivity contribution in [2.45, 2.75) is 18.9 Å². The summed E-state index contributed by atoms with van der Waals surface area (Å²) in [6.07, 6.45) is 2.82. The molecule has 1 aliphatic heterocycles. The van der Waals surface area contributed by atoms with Crippen LogP contribution in [0.5, 0.6) is 5.75 Å². The quantitative estimate of drug-likeness (QED) is 0.599. The lowest BCUT2D eigenvalue weighted by atomic mass is 9.88. The normalized spacial score (nSPS) is 15.3. The highest BCUT2D eigenvalue weighted by Crippen LogP contribution is 2.22. The number of benzene rings is 1. The van der Waals surface area contributed by atoms with Gasteiger partial charge in [0.25, 0.3) is 5.91 Å². The van der Waals surface area contributed by atoms with Gasteiger partial charge in [0, 0.05) is 32.3 Å². The van der Waals surface area contributed by atoms with Gasteiger partial charge < -0.3 is 25.0 Å². The first-order valence-corrected chi connectivity index (χ1v) is 9.60. The number of amides is 3. The average molecular weight is 403 g/mol. The van der Waals surface area contributed by atoms with Gasteiger partial charge in [-0.1, -0.05) is 6.08 Å². The Hall–Kier alpha value is -2.87. The zero-order valence-electron chi connectivity index (χ0n) is 17.0. The Morgan fingerprint density at radius 3 is 2.41 bits per heavy atom. The Labute approximate surface area is 171 Å². The van der Waals surface area contributed by atoms with Crippen LogP contribution in [-0.2, 0) is 14.3 Å². The lowest BCUT2D eigenvalue weighted by molar-refractivity contribution is -0.136. The Morgan fingerprint density at radius 2 is 1.86 bits per heavy atom. The van der Waals surface area contributed by atoms with E-state index in [2.05, 4.69) is 17.2 Å². The van der Waals surface area contributed by atoms with E-state index in [1.807, 2.05) is 0 Å². The van der Waals surface area contributed by atoms with Crippen LogP contribution in [0.2, 0.25) is 0 Å². The van der Waals surface area contributed by atoms with Gasteiger partial charge in [0.2, 0.25) is 11.8 Å². The van der Waals surface area contributed by atoms with E-state index in [4.69, 9.17) is 9.47 Å². The topological polar surface area (TPSA) is 97.0 Å². The van der Waals surface area contributed by atoms with Crippen LogP contribution < -0.4 is 15.4 Å². The molecule has 1 saturated heterocycles. The third-order valence-corrected chi connectivity index (χ3v) is 4.97. The van der Waals surface area contributed by atoms with Crippen molar-refractivity contribution in [2.24, 2.45) is 5.92 Å². The first-order valence-electron chi connectivity index (χ1n) is 9.60. The fourth-order valence-electron chi connectivity index (χ4n) is 3.34. The summed E-state index contributed by atoms with van der Waals surface area (Å²) in [6.45, 7) is 5.02. The zero-order valence-corrected chi connectivity index (χ0v) is 17.0. The molecule has 1 aliphatic rings. The van der Waals surface area contributed by atoms with Gasteiger partial charge in [0.05, 0.1) is 7.11 Å². The molecule has 0 saturated carbocycles. The van der Waals surface area contributed by atoms with Gasteiger partial charge in [-0.15, -0.1) is 6.58 Å². The van der Waals surface area contributed by atoms with E-state index in [0.717, 1.165) is 0 Å². The van der Waals surface area contributed by atoms with Crippen LogP contribution in [0.15, 0.2) is 36.9 Å². The van der Waals surface area contributed by atoms with E-state index in [0.29, 0.717) is 43.8 Å². The van der Waals surface area contributed by atoms with Crippen molar-refractivity contribution in [3.05, 3.63) is 42.5 Å². The minimum atomic E-state index is -0.691. The Morgan fingerprint density at radius 1 is 1.21 bits per heavy atom. The van der Waals surface area contributed by atoms with Gasteiger partial charge in [-0.05, 0) is 43.0 Å². The maximum absolute atomic E-state index is 12.7. The number of rotatable bonds is 9. The third-order valence-electron chi connectivity index (χ3n) is 4.97. The molecule has 0 spiro atoms. The highest BCUT2D eigenvalue weighted by Gasteiger charge is 2.33. The summed E-state index contributed by atoms with van der Waals surface area (Å²) in [4.78, 5) is 39.1. The highest BCUT2D eigenvalue weighted by atomic mass is 16.5. The number of carbonyl (C=O) groups is 3. The molecule has 29 heavy (non-hydrogen) atoms. The predicted molar refractivity (Wildman–Crippen MR) is 109 cm³/mol. The summed E-state index contributed by atoms with van der Waals surface area (Å²) < 4.78 is 10.0. The molecule has 2 rings (SSSR count).